The maximum absolute atomic E-state index is 5.96. The van der Waals surface area contributed by atoms with E-state index < -0.39 is 0 Å². The number of benzene rings is 3. The van der Waals surface area contributed by atoms with Gasteiger partial charge in [-0.25, -0.2) is 0 Å². The summed E-state index contributed by atoms with van der Waals surface area (Å²) >= 11 is 5.96. The Morgan fingerprint density at radius 3 is 2.32 bits per heavy atom. The first-order chi connectivity index (χ1) is 10.7. The van der Waals surface area contributed by atoms with Crippen LogP contribution in [0.1, 0.15) is 16.7 Å². The second-order valence-corrected chi connectivity index (χ2v) is 5.52. The highest BCUT2D eigenvalue weighted by Gasteiger charge is 2.02. The predicted molar refractivity (Wildman–Crippen MR) is 92.9 cm³/mol. The van der Waals surface area contributed by atoms with E-state index in [-0.39, 0.29) is 0 Å². The van der Waals surface area contributed by atoms with Gasteiger partial charge in [-0.15, -0.1) is 0 Å². The molecular formula is C21H14Cl. The molecule has 0 aliphatic carbocycles. The van der Waals surface area contributed by atoms with Crippen LogP contribution < -0.4 is 0 Å². The zero-order valence-electron chi connectivity index (χ0n) is 12.2. The van der Waals surface area contributed by atoms with Crippen LogP contribution in [0.25, 0.3) is 11.1 Å². The fraction of sp³-hybridized carbons (Fsp3) is 0.0476. The van der Waals surface area contributed by atoms with Gasteiger partial charge in [-0.3, -0.25) is 0 Å². The molecule has 1 radical (unpaired) electrons. The van der Waals surface area contributed by atoms with Gasteiger partial charge in [-0.1, -0.05) is 71.5 Å². The van der Waals surface area contributed by atoms with Gasteiger partial charge in [0.1, 0.15) is 0 Å². The van der Waals surface area contributed by atoms with Crippen LogP contribution in [-0.2, 0) is 0 Å². The topological polar surface area (TPSA) is 0 Å². The molecule has 3 aromatic rings. The standard InChI is InChI=1S/C21H14Cl/c1-16-6-8-17(9-7-16)10-11-18-4-2-3-5-21(18)19-12-14-20(22)15-13-19/h2-3,5-9,12-15H,1H3. The highest BCUT2D eigenvalue weighted by Crippen LogP contribution is 2.24. The average molecular weight is 302 g/mol. The smallest absolute Gasteiger partial charge is 0.0406 e. The lowest BCUT2D eigenvalue weighted by molar-refractivity contribution is 1.46. The molecule has 0 amide bonds. The van der Waals surface area contributed by atoms with Gasteiger partial charge in [0.15, 0.2) is 0 Å². The molecule has 0 aromatic heterocycles. The van der Waals surface area contributed by atoms with Crippen molar-refractivity contribution in [2.75, 3.05) is 0 Å². The Kier molecular flexibility index (Phi) is 4.28. The number of halogens is 1. The summed E-state index contributed by atoms with van der Waals surface area (Å²) in [5.41, 5.74) is 5.29. The Labute approximate surface area is 136 Å². The van der Waals surface area contributed by atoms with Gasteiger partial charge < -0.3 is 0 Å². The largest absolute Gasteiger partial charge is 0.0843 e. The number of hydrogen-bond donors (Lipinski definition) is 0. The van der Waals surface area contributed by atoms with Gasteiger partial charge in [0.05, 0.1) is 0 Å². The third-order valence-electron chi connectivity index (χ3n) is 3.39. The minimum Gasteiger partial charge on any atom is -0.0843 e. The molecule has 0 saturated heterocycles. The summed E-state index contributed by atoms with van der Waals surface area (Å²) in [5.74, 6) is 6.43. The Balaban J connectivity index is 1.99. The van der Waals surface area contributed by atoms with Crippen LogP contribution >= 0.6 is 11.6 Å². The fourth-order valence-corrected chi connectivity index (χ4v) is 2.31. The van der Waals surface area contributed by atoms with E-state index in [2.05, 4.69) is 43.0 Å². The molecule has 3 rings (SSSR count). The average Bonchev–Trinajstić information content (AvgIpc) is 2.55. The van der Waals surface area contributed by atoms with Crippen LogP contribution in [0.2, 0.25) is 5.02 Å². The van der Waals surface area contributed by atoms with E-state index in [1.54, 1.807) is 0 Å². The lowest BCUT2D eigenvalue weighted by Crippen LogP contribution is -1.84. The first-order valence-electron chi connectivity index (χ1n) is 7.08. The van der Waals surface area contributed by atoms with E-state index >= 15 is 0 Å². The summed E-state index contributed by atoms with van der Waals surface area (Å²) in [6.07, 6.45) is 0. The van der Waals surface area contributed by atoms with Crippen LogP contribution in [0.3, 0.4) is 0 Å². The van der Waals surface area contributed by atoms with Crippen LogP contribution in [0.4, 0.5) is 0 Å². The fourth-order valence-electron chi connectivity index (χ4n) is 2.18. The van der Waals surface area contributed by atoms with Gasteiger partial charge >= 0.3 is 0 Å². The van der Waals surface area contributed by atoms with E-state index in [4.69, 9.17) is 11.6 Å². The molecule has 0 bridgehead atoms. The summed E-state index contributed by atoms with van der Waals surface area (Å²) < 4.78 is 0. The molecule has 0 saturated carbocycles. The predicted octanol–water partition coefficient (Wildman–Crippen LogP) is 5.52. The molecule has 0 heterocycles. The highest BCUT2D eigenvalue weighted by atomic mass is 35.5. The monoisotopic (exact) mass is 301 g/mol. The summed E-state index contributed by atoms with van der Waals surface area (Å²) in [6, 6.07) is 25.1. The SMILES string of the molecule is Cc1ccc(C#Cc2[c]cccc2-c2ccc(Cl)cc2)cc1. The maximum atomic E-state index is 5.96. The lowest BCUT2D eigenvalue weighted by Gasteiger charge is -2.04. The maximum Gasteiger partial charge on any atom is 0.0406 e. The Morgan fingerprint density at radius 1 is 0.864 bits per heavy atom. The molecule has 0 aliphatic rings. The van der Waals surface area contributed by atoms with E-state index in [1.807, 2.05) is 48.5 Å². The Morgan fingerprint density at radius 2 is 1.59 bits per heavy atom. The first-order valence-corrected chi connectivity index (χ1v) is 7.45. The van der Waals surface area contributed by atoms with Gasteiger partial charge in [0.2, 0.25) is 0 Å². The van der Waals surface area contributed by atoms with E-state index in [0.29, 0.717) is 0 Å². The number of hydrogen-bond acceptors (Lipinski definition) is 0. The van der Waals surface area contributed by atoms with E-state index in [9.17, 15) is 0 Å². The van der Waals surface area contributed by atoms with E-state index in [0.717, 1.165) is 27.3 Å². The number of rotatable bonds is 1. The lowest BCUT2D eigenvalue weighted by atomic mass is 10.00. The third kappa shape index (κ3) is 3.39. The zero-order chi connectivity index (χ0) is 15.4. The van der Waals surface area contributed by atoms with Crippen LogP contribution in [0.15, 0.2) is 66.7 Å². The Bertz CT molecular complexity index is 832. The minimum absolute atomic E-state index is 0.732. The molecule has 0 atom stereocenters. The van der Waals surface area contributed by atoms with Gasteiger partial charge in [0, 0.05) is 16.1 Å². The van der Waals surface area contributed by atoms with Crippen LogP contribution in [0, 0.1) is 24.8 Å². The van der Waals surface area contributed by atoms with Crippen molar-refractivity contribution >= 4 is 11.6 Å². The molecule has 0 N–H and O–H groups in total. The molecule has 0 aliphatic heterocycles. The first kappa shape index (κ1) is 14.4. The summed E-state index contributed by atoms with van der Waals surface area (Å²) in [5, 5.41) is 0.732. The summed E-state index contributed by atoms with van der Waals surface area (Å²) in [6.45, 7) is 2.07. The van der Waals surface area contributed by atoms with Crippen molar-refractivity contribution in [1.29, 1.82) is 0 Å². The molecule has 105 valence electrons. The normalized spacial score (nSPS) is 9.91. The zero-order valence-corrected chi connectivity index (χ0v) is 13.0. The highest BCUT2D eigenvalue weighted by molar-refractivity contribution is 6.30. The quantitative estimate of drug-likeness (QED) is 0.519. The van der Waals surface area contributed by atoms with Crippen LogP contribution in [-0.4, -0.2) is 0 Å². The summed E-state index contributed by atoms with van der Waals surface area (Å²) in [4.78, 5) is 0. The van der Waals surface area contributed by atoms with Crippen molar-refractivity contribution in [3.63, 3.8) is 0 Å². The second kappa shape index (κ2) is 6.52. The summed E-state index contributed by atoms with van der Waals surface area (Å²) in [7, 11) is 0. The Hall–Kier alpha value is -2.49. The molecule has 1 heteroatoms. The second-order valence-electron chi connectivity index (χ2n) is 5.08. The third-order valence-corrected chi connectivity index (χ3v) is 3.65. The molecule has 3 aromatic carbocycles. The van der Waals surface area contributed by atoms with Crippen molar-refractivity contribution in [1.82, 2.24) is 0 Å². The molecule has 0 fully saturated rings. The van der Waals surface area contributed by atoms with Crippen molar-refractivity contribution in [2.45, 2.75) is 6.92 Å². The van der Waals surface area contributed by atoms with Crippen molar-refractivity contribution in [3.05, 3.63) is 94.5 Å². The molecule has 22 heavy (non-hydrogen) atoms. The van der Waals surface area contributed by atoms with Gasteiger partial charge in [-0.2, -0.15) is 0 Å². The molecule has 0 spiro atoms. The minimum atomic E-state index is 0.732. The van der Waals surface area contributed by atoms with Crippen molar-refractivity contribution in [3.8, 4) is 23.0 Å². The molecule has 0 nitrogen and oxygen atoms in total. The van der Waals surface area contributed by atoms with Crippen molar-refractivity contribution < 1.29 is 0 Å². The van der Waals surface area contributed by atoms with Gasteiger partial charge in [0.25, 0.3) is 0 Å². The van der Waals surface area contributed by atoms with Crippen molar-refractivity contribution in [2.24, 2.45) is 0 Å². The molecule has 0 unspecified atom stereocenters. The van der Waals surface area contributed by atoms with Crippen LogP contribution in [0.5, 0.6) is 0 Å². The van der Waals surface area contributed by atoms with E-state index in [1.165, 1.54) is 5.56 Å². The van der Waals surface area contributed by atoms with Gasteiger partial charge in [-0.05, 0) is 48.4 Å². The number of aryl methyl sites for hydroxylation is 1. The molecular weight excluding hydrogens is 288 g/mol.